The van der Waals surface area contributed by atoms with Gasteiger partial charge in [0.05, 0.1) is 42.5 Å². The van der Waals surface area contributed by atoms with Crippen molar-refractivity contribution in [2.75, 3.05) is 71.2 Å². The average molecular weight is 606 g/mol. The molecule has 10 heteroatoms. The summed E-state index contributed by atoms with van der Waals surface area (Å²) in [5, 5.41) is 1.01. The molecule has 4 aromatic rings. The van der Waals surface area contributed by atoms with Crippen LogP contribution in [0.5, 0.6) is 5.75 Å². The fraction of sp³-hybridized carbons (Fsp3) is 0.364. The van der Waals surface area contributed by atoms with Gasteiger partial charge in [0.1, 0.15) is 12.4 Å². The van der Waals surface area contributed by atoms with Gasteiger partial charge in [0.15, 0.2) is 0 Å². The van der Waals surface area contributed by atoms with E-state index in [9.17, 15) is 13.0 Å². The predicted octanol–water partition coefficient (Wildman–Crippen LogP) is 4.86. The van der Waals surface area contributed by atoms with E-state index in [1.165, 1.54) is 11.8 Å². The minimum Gasteiger partial charge on any atom is -0.491 e. The summed E-state index contributed by atoms with van der Waals surface area (Å²) >= 11 is 0. The zero-order valence-corrected chi connectivity index (χ0v) is 25.6. The van der Waals surface area contributed by atoms with Crippen molar-refractivity contribution in [3.05, 3.63) is 83.9 Å². The second kappa shape index (κ2) is 14.3. The molecule has 1 saturated heterocycles. The molecule has 2 heterocycles. The van der Waals surface area contributed by atoms with Gasteiger partial charge >= 0.3 is 0 Å². The molecule has 0 radical (unpaired) electrons. The molecule has 0 aliphatic carbocycles. The van der Waals surface area contributed by atoms with Crippen LogP contribution in [-0.2, 0) is 26.0 Å². The number of nitrogens with zero attached hydrogens (tertiary/aromatic N) is 3. The fourth-order valence-electron chi connectivity index (χ4n) is 5.14. The van der Waals surface area contributed by atoms with Crippen molar-refractivity contribution < 1.29 is 27.2 Å². The Kier molecular flexibility index (Phi) is 10.3. The zero-order chi connectivity index (χ0) is 30.2. The smallest absolute Gasteiger partial charge is 0.294 e. The van der Waals surface area contributed by atoms with Gasteiger partial charge in [-0.05, 0) is 68.4 Å². The van der Waals surface area contributed by atoms with E-state index in [0.717, 1.165) is 59.7 Å². The number of hydrogen-bond donors (Lipinski definition) is 1. The maximum atomic E-state index is 11.6. The molecule has 43 heavy (non-hydrogen) atoms. The van der Waals surface area contributed by atoms with E-state index in [2.05, 4.69) is 47.2 Å². The topological polar surface area (TPSA) is 101 Å². The van der Waals surface area contributed by atoms with Crippen LogP contribution in [0.3, 0.4) is 0 Å². The molecule has 1 aliphatic rings. The molecule has 9 nitrogen and oxygen atoms in total. The van der Waals surface area contributed by atoms with Crippen LogP contribution in [-0.4, -0.2) is 89.1 Å². The number of piperazine rings is 1. The van der Waals surface area contributed by atoms with Gasteiger partial charge in [-0.1, -0.05) is 35.9 Å². The van der Waals surface area contributed by atoms with Gasteiger partial charge in [-0.25, -0.2) is 4.98 Å². The van der Waals surface area contributed by atoms with E-state index < -0.39 is 10.1 Å². The largest absolute Gasteiger partial charge is 0.491 e. The molecule has 228 valence electrons. The Hall–Kier alpha value is -3.54. The third kappa shape index (κ3) is 8.52. The molecule has 1 N–H and O–H groups in total. The van der Waals surface area contributed by atoms with Crippen LogP contribution in [0.25, 0.3) is 22.2 Å². The summed E-state index contributed by atoms with van der Waals surface area (Å²) in [5.41, 5.74) is 5.66. The minimum absolute atomic E-state index is 0.0773. The maximum absolute atomic E-state index is 11.6. The van der Waals surface area contributed by atoms with Crippen molar-refractivity contribution >= 4 is 26.7 Å². The Morgan fingerprint density at radius 3 is 2.28 bits per heavy atom. The summed E-state index contributed by atoms with van der Waals surface area (Å²) in [6.45, 7) is 8.04. The molecule has 0 amide bonds. The van der Waals surface area contributed by atoms with Crippen LogP contribution < -0.4 is 9.64 Å². The Labute approximate surface area is 253 Å². The number of hydrogen-bond acceptors (Lipinski definition) is 8. The van der Waals surface area contributed by atoms with E-state index >= 15 is 0 Å². The monoisotopic (exact) mass is 605 g/mol. The third-order valence-corrected chi connectivity index (χ3v) is 8.52. The van der Waals surface area contributed by atoms with Gasteiger partial charge in [0.25, 0.3) is 10.1 Å². The van der Waals surface area contributed by atoms with Gasteiger partial charge in [0, 0.05) is 42.8 Å². The van der Waals surface area contributed by atoms with Crippen LogP contribution in [0.15, 0.2) is 77.7 Å². The summed E-state index contributed by atoms with van der Waals surface area (Å²) in [4.78, 5) is 9.58. The van der Waals surface area contributed by atoms with Crippen molar-refractivity contribution in [1.82, 2.24) is 9.88 Å². The summed E-state index contributed by atoms with van der Waals surface area (Å²) in [7, 11) is -2.10. The van der Waals surface area contributed by atoms with Crippen molar-refractivity contribution in [2.24, 2.45) is 0 Å². The Bertz CT molecular complexity index is 1620. The number of benzene rings is 3. The first-order chi connectivity index (χ1) is 20.8. The molecule has 0 bridgehead atoms. The summed E-state index contributed by atoms with van der Waals surface area (Å²) in [6, 6.07) is 23.5. The highest BCUT2D eigenvalue weighted by molar-refractivity contribution is 7.85. The normalized spacial score (nSPS) is 14.3. The van der Waals surface area contributed by atoms with Crippen molar-refractivity contribution in [1.29, 1.82) is 0 Å². The highest BCUT2D eigenvalue weighted by atomic mass is 32.2. The molecule has 5 rings (SSSR count). The van der Waals surface area contributed by atoms with Gasteiger partial charge < -0.3 is 24.0 Å². The van der Waals surface area contributed by atoms with Gasteiger partial charge in [-0.2, -0.15) is 8.42 Å². The van der Waals surface area contributed by atoms with Crippen LogP contribution in [0.2, 0.25) is 0 Å². The number of pyridine rings is 1. The van der Waals surface area contributed by atoms with Crippen LogP contribution >= 0.6 is 0 Å². The second-order valence-electron chi connectivity index (χ2n) is 10.8. The number of ether oxygens (including phenoxy) is 3. The lowest BCUT2D eigenvalue weighted by Gasteiger charge is -2.34. The van der Waals surface area contributed by atoms with Crippen molar-refractivity contribution in [3.8, 4) is 17.0 Å². The summed E-state index contributed by atoms with van der Waals surface area (Å²) in [6.07, 6.45) is 0.376. The fourth-order valence-corrected chi connectivity index (χ4v) is 5.87. The van der Waals surface area contributed by atoms with Crippen molar-refractivity contribution in [3.63, 3.8) is 0 Å². The predicted molar refractivity (Wildman–Crippen MR) is 169 cm³/mol. The molecule has 0 saturated carbocycles. The number of aromatic nitrogens is 1. The van der Waals surface area contributed by atoms with Crippen LogP contribution in [0, 0.1) is 6.92 Å². The Balaban J connectivity index is 1.03. The lowest BCUT2D eigenvalue weighted by Crippen LogP contribution is -2.44. The SMILES string of the molecule is Cc1ccc(S(=O)(=O)O)c(CCOCCOCCOc2ccc3nc(-c4ccc(N5CCN(C)CC5)cc4)ccc3c2)c1. The zero-order valence-electron chi connectivity index (χ0n) is 24.7. The average Bonchev–Trinajstić information content (AvgIpc) is 3.00. The van der Waals surface area contributed by atoms with E-state index in [1.54, 1.807) is 12.1 Å². The van der Waals surface area contributed by atoms with E-state index in [0.29, 0.717) is 45.0 Å². The molecular formula is C33H39N3O6S. The lowest BCUT2D eigenvalue weighted by atomic mass is 10.1. The van der Waals surface area contributed by atoms with Crippen LogP contribution in [0.4, 0.5) is 5.69 Å². The van der Waals surface area contributed by atoms with Crippen LogP contribution in [0.1, 0.15) is 11.1 Å². The highest BCUT2D eigenvalue weighted by Gasteiger charge is 2.16. The maximum Gasteiger partial charge on any atom is 0.294 e. The van der Waals surface area contributed by atoms with Gasteiger partial charge in [0.2, 0.25) is 0 Å². The molecular weight excluding hydrogens is 566 g/mol. The molecule has 1 aromatic heterocycles. The first-order valence-corrected chi connectivity index (χ1v) is 16.0. The van der Waals surface area contributed by atoms with E-state index in [4.69, 9.17) is 19.2 Å². The number of anilines is 1. The first-order valence-electron chi connectivity index (χ1n) is 14.6. The van der Waals surface area contributed by atoms with Gasteiger partial charge in [-0.3, -0.25) is 4.55 Å². The number of likely N-dealkylation sites (N-methyl/N-ethyl adjacent to an activating group) is 1. The number of fused-ring (bicyclic) bond motifs is 1. The summed E-state index contributed by atoms with van der Waals surface area (Å²) in [5.74, 6) is 0.756. The number of aryl methyl sites for hydroxylation is 1. The molecule has 0 spiro atoms. The second-order valence-corrected chi connectivity index (χ2v) is 12.2. The minimum atomic E-state index is -4.26. The third-order valence-electron chi connectivity index (χ3n) is 7.57. The Morgan fingerprint density at radius 2 is 1.53 bits per heavy atom. The quantitative estimate of drug-likeness (QED) is 0.169. The molecule has 1 aliphatic heterocycles. The van der Waals surface area contributed by atoms with Gasteiger partial charge in [-0.15, -0.1) is 0 Å². The van der Waals surface area contributed by atoms with E-state index in [1.807, 2.05) is 31.2 Å². The van der Waals surface area contributed by atoms with Crippen molar-refractivity contribution in [2.45, 2.75) is 18.2 Å². The highest BCUT2D eigenvalue weighted by Crippen LogP contribution is 2.26. The molecule has 3 aromatic carbocycles. The summed E-state index contributed by atoms with van der Waals surface area (Å²) < 4.78 is 49.6. The Morgan fingerprint density at radius 1 is 0.814 bits per heavy atom. The number of rotatable bonds is 13. The standard InChI is InChI=1S/C33H39N3O6S/c1-25-3-12-33(43(37,38)39)28(23-25)13-18-40-19-20-41-21-22-42-30-9-11-32-27(24-30)6-10-31(34-32)26-4-7-29(8-5-26)36-16-14-35(2)15-17-36/h3-12,23-24H,13-22H2,1-2H3,(H,37,38,39). The molecule has 0 unspecified atom stereocenters. The molecule has 0 atom stereocenters. The lowest BCUT2D eigenvalue weighted by molar-refractivity contribution is 0.0372. The first kappa shape index (κ1) is 30.9. The molecule has 1 fully saturated rings. The van der Waals surface area contributed by atoms with E-state index in [-0.39, 0.29) is 4.90 Å².